The minimum absolute atomic E-state index is 0.107. The van der Waals surface area contributed by atoms with Crippen molar-refractivity contribution in [1.82, 2.24) is 5.32 Å². The fourth-order valence-electron chi connectivity index (χ4n) is 2.19. The predicted octanol–water partition coefficient (Wildman–Crippen LogP) is 4.08. The lowest BCUT2D eigenvalue weighted by Crippen LogP contribution is -2.29. The van der Waals surface area contributed by atoms with Gasteiger partial charge in [-0.25, -0.2) is 0 Å². The molecule has 1 atom stereocenters. The minimum Gasteiger partial charge on any atom is -0.491 e. The van der Waals surface area contributed by atoms with Crippen molar-refractivity contribution >= 4 is 37.8 Å². The molecule has 0 radical (unpaired) electrons. The van der Waals surface area contributed by atoms with E-state index in [2.05, 4.69) is 37.2 Å². The van der Waals surface area contributed by atoms with Crippen LogP contribution < -0.4 is 10.1 Å². The normalized spacial score (nSPS) is 16.4. The Bertz CT molecular complexity index is 673. The number of amides is 1. The van der Waals surface area contributed by atoms with E-state index in [1.165, 1.54) is 0 Å². The number of para-hydroxylation sites is 1. The van der Waals surface area contributed by atoms with Gasteiger partial charge >= 0.3 is 0 Å². The summed E-state index contributed by atoms with van der Waals surface area (Å²) < 4.78 is 7.20. The van der Waals surface area contributed by atoms with Crippen molar-refractivity contribution in [3.05, 3.63) is 62.5 Å². The van der Waals surface area contributed by atoms with Gasteiger partial charge in [-0.15, -0.1) is 0 Å². The molecule has 1 N–H and O–H groups in total. The van der Waals surface area contributed by atoms with Gasteiger partial charge in [0.2, 0.25) is 0 Å². The Morgan fingerprint density at radius 2 is 2.00 bits per heavy atom. The molecule has 2 aromatic carbocycles. The van der Waals surface area contributed by atoms with Crippen molar-refractivity contribution in [1.29, 1.82) is 0 Å². The van der Waals surface area contributed by atoms with E-state index in [-0.39, 0.29) is 11.9 Å². The van der Waals surface area contributed by atoms with Crippen molar-refractivity contribution in [2.75, 3.05) is 6.61 Å². The molecule has 0 aliphatic carbocycles. The van der Waals surface area contributed by atoms with Crippen LogP contribution in [-0.4, -0.2) is 12.5 Å². The molecule has 1 aliphatic rings. The smallest absolute Gasteiger partial charge is 0.253 e. The zero-order chi connectivity index (χ0) is 14.1. The molecule has 0 fully saturated rings. The van der Waals surface area contributed by atoms with Gasteiger partial charge < -0.3 is 10.1 Å². The molecule has 20 heavy (non-hydrogen) atoms. The van der Waals surface area contributed by atoms with Gasteiger partial charge in [-0.05, 0) is 40.2 Å². The van der Waals surface area contributed by atoms with Crippen molar-refractivity contribution in [3.8, 4) is 5.75 Å². The molecule has 3 rings (SSSR count). The van der Waals surface area contributed by atoms with E-state index < -0.39 is 0 Å². The molecular weight excluding hydrogens is 386 g/mol. The highest BCUT2D eigenvalue weighted by Gasteiger charge is 2.26. The van der Waals surface area contributed by atoms with Crippen molar-refractivity contribution in [2.45, 2.75) is 6.04 Å². The SMILES string of the molecule is O=C(NC1COc2ccccc21)c1cc(Br)ccc1Br. The first-order valence-corrected chi connectivity index (χ1v) is 7.71. The largest absolute Gasteiger partial charge is 0.491 e. The molecule has 102 valence electrons. The van der Waals surface area contributed by atoms with Gasteiger partial charge in [0.15, 0.2) is 0 Å². The number of rotatable bonds is 2. The Morgan fingerprint density at radius 3 is 2.85 bits per heavy atom. The summed E-state index contributed by atoms with van der Waals surface area (Å²) in [7, 11) is 0. The molecule has 1 amide bonds. The first kappa shape index (κ1) is 13.6. The van der Waals surface area contributed by atoms with E-state index in [4.69, 9.17) is 4.74 Å². The third-order valence-electron chi connectivity index (χ3n) is 3.18. The fraction of sp³-hybridized carbons (Fsp3) is 0.133. The Labute approximate surface area is 133 Å². The molecule has 1 heterocycles. The first-order chi connectivity index (χ1) is 9.65. The number of halogens is 2. The number of carbonyl (C=O) groups is 1. The summed E-state index contributed by atoms with van der Waals surface area (Å²) in [4.78, 5) is 12.4. The van der Waals surface area contributed by atoms with E-state index in [0.717, 1.165) is 20.3 Å². The third-order valence-corrected chi connectivity index (χ3v) is 4.36. The zero-order valence-corrected chi connectivity index (χ0v) is 13.6. The molecule has 1 unspecified atom stereocenters. The van der Waals surface area contributed by atoms with Crippen LogP contribution in [0.15, 0.2) is 51.4 Å². The van der Waals surface area contributed by atoms with Crippen LogP contribution in [0.25, 0.3) is 0 Å². The van der Waals surface area contributed by atoms with Crippen LogP contribution in [0.5, 0.6) is 5.75 Å². The Kier molecular flexibility index (Phi) is 3.81. The van der Waals surface area contributed by atoms with Crippen LogP contribution in [0, 0.1) is 0 Å². The van der Waals surface area contributed by atoms with Gasteiger partial charge in [-0.1, -0.05) is 34.1 Å². The van der Waals surface area contributed by atoms with Gasteiger partial charge in [-0.2, -0.15) is 0 Å². The summed E-state index contributed by atoms with van der Waals surface area (Å²) >= 11 is 6.78. The van der Waals surface area contributed by atoms with E-state index in [1.807, 2.05) is 36.4 Å². The maximum Gasteiger partial charge on any atom is 0.253 e. The monoisotopic (exact) mass is 395 g/mol. The molecule has 0 spiro atoms. The summed E-state index contributed by atoms with van der Waals surface area (Å²) in [6, 6.07) is 13.2. The van der Waals surface area contributed by atoms with Crippen molar-refractivity contribution in [2.24, 2.45) is 0 Å². The number of fused-ring (bicyclic) bond motifs is 1. The topological polar surface area (TPSA) is 38.3 Å². The summed E-state index contributed by atoms with van der Waals surface area (Å²) in [6.07, 6.45) is 0. The Hall–Kier alpha value is -1.33. The zero-order valence-electron chi connectivity index (χ0n) is 10.4. The van der Waals surface area contributed by atoms with Crippen LogP contribution in [0.3, 0.4) is 0 Å². The first-order valence-electron chi connectivity index (χ1n) is 6.13. The maximum absolute atomic E-state index is 12.4. The number of carbonyl (C=O) groups excluding carboxylic acids is 1. The van der Waals surface area contributed by atoms with Gasteiger partial charge in [0.25, 0.3) is 5.91 Å². The highest BCUT2D eigenvalue weighted by Crippen LogP contribution is 2.32. The van der Waals surface area contributed by atoms with Crippen LogP contribution in [0.2, 0.25) is 0 Å². The van der Waals surface area contributed by atoms with Crippen LogP contribution in [0.1, 0.15) is 22.0 Å². The highest BCUT2D eigenvalue weighted by atomic mass is 79.9. The van der Waals surface area contributed by atoms with Crippen molar-refractivity contribution in [3.63, 3.8) is 0 Å². The molecule has 0 bridgehead atoms. The van der Waals surface area contributed by atoms with E-state index in [1.54, 1.807) is 6.07 Å². The summed E-state index contributed by atoms with van der Waals surface area (Å²) in [5, 5.41) is 3.00. The second-order valence-electron chi connectivity index (χ2n) is 4.50. The average molecular weight is 397 g/mol. The lowest BCUT2D eigenvalue weighted by molar-refractivity contribution is 0.0929. The van der Waals surface area contributed by atoms with E-state index >= 15 is 0 Å². The average Bonchev–Trinajstić information content (AvgIpc) is 2.85. The number of ether oxygens (including phenoxy) is 1. The Morgan fingerprint density at radius 1 is 1.20 bits per heavy atom. The molecule has 0 saturated carbocycles. The summed E-state index contributed by atoms with van der Waals surface area (Å²) in [5.74, 6) is 0.717. The number of hydrogen-bond acceptors (Lipinski definition) is 2. The van der Waals surface area contributed by atoms with Crippen LogP contribution >= 0.6 is 31.9 Å². The second-order valence-corrected chi connectivity index (χ2v) is 6.27. The van der Waals surface area contributed by atoms with Gasteiger partial charge in [0, 0.05) is 14.5 Å². The van der Waals surface area contributed by atoms with Crippen LogP contribution in [0.4, 0.5) is 0 Å². The minimum atomic E-state index is -0.122. The Balaban J connectivity index is 1.82. The van der Waals surface area contributed by atoms with Gasteiger partial charge in [-0.3, -0.25) is 4.79 Å². The predicted molar refractivity (Wildman–Crippen MR) is 84.0 cm³/mol. The molecule has 5 heteroatoms. The lowest BCUT2D eigenvalue weighted by atomic mass is 10.1. The maximum atomic E-state index is 12.4. The second kappa shape index (κ2) is 5.58. The standard InChI is InChI=1S/C15H11Br2NO2/c16-9-5-6-12(17)11(7-9)15(19)18-13-8-20-14-4-2-1-3-10(13)14/h1-7,13H,8H2,(H,18,19). The molecule has 2 aromatic rings. The molecule has 3 nitrogen and oxygen atoms in total. The quantitative estimate of drug-likeness (QED) is 0.830. The van der Waals surface area contributed by atoms with E-state index in [9.17, 15) is 4.79 Å². The summed E-state index contributed by atoms with van der Waals surface area (Å²) in [6.45, 7) is 0.469. The number of nitrogens with one attached hydrogen (secondary N) is 1. The van der Waals surface area contributed by atoms with Gasteiger partial charge in [0.1, 0.15) is 12.4 Å². The third kappa shape index (κ3) is 2.60. The van der Waals surface area contributed by atoms with E-state index in [0.29, 0.717) is 12.2 Å². The molecular formula is C15H11Br2NO2. The molecule has 0 saturated heterocycles. The van der Waals surface area contributed by atoms with Crippen LogP contribution in [-0.2, 0) is 0 Å². The molecule has 0 aromatic heterocycles. The van der Waals surface area contributed by atoms with Gasteiger partial charge in [0.05, 0.1) is 11.6 Å². The lowest BCUT2D eigenvalue weighted by Gasteiger charge is -2.13. The van der Waals surface area contributed by atoms with Crippen molar-refractivity contribution < 1.29 is 9.53 Å². The molecule has 1 aliphatic heterocycles. The number of hydrogen-bond donors (Lipinski definition) is 1. The summed E-state index contributed by atoms with van der Waals surface area (Å²) in [5.41, 5.74) is 1.62. The fourth-order valence-corrected chi connectivity index (χ4v) is 2.98. The number of benzene rings is 2. The highest BCUT2D eigenvalue weighted by molar-refractivity contribution is 9.11.